The molecule has 0 aliphatic heterocycles. The van der Waals surface area contributed by atoms with Gasteiger partial charge in [-0.25, -0.2) is 15.0 Å². The maximum atomic E-state index is 5.69. The minimum absolute atomic E-state index is 0.285. The van der Waals surface area contributed by atoms with Gasteiger partial charge in [-0.2, -0.15) is 0 Å². The van der Waals surface area contributed by atoms with E-state index in [4.69, 9.17) is 5.73 Å². The van der Waals surface area contributed by atoms with Crippen molar-refractivity contribution in [1.82, 2.24) is 19.9 Å². The molecule has 3 N–H and O–H groups in total. The molecule has 0 atom stereocenters. The van der Waals surface area contributed by atoms with Crippen LogP contribution in [0.15, 0.2) is 29.1 Å². The molecule has 0 aliphatic carbocycles. The molecule has 0 aromatic carbocycles. The van der Waals surface area contributed by atoms with Crippen LogP contribution in [0.25, 0.3) is 22.2 Å². The molecule has 0 unspecified atom stereocenters. The number of aromatic nitrogens is 4. The van der Waals surface area contributed by atoms with Crippen LogP contribution < -0.4 is 5.73 Å². The summed E-state index contributed by atoms with van der Waals surface area (Å²) >= 11 is 3.37. The Morgan fingerprint density at radius 3 is 2.89 bits per heavy atom. The van der Waals surface area contributed by atoms with Gasteiger partial charge in [-0.3, -0.25) is 0 Å². The first kappa shape index (κ1) is 11.2. The van der Waals surface area contributed by atoms with E-state index in [1.54, 1.807) is 6.20 Å². The van der Waals surface area contributed by atoms with Crippen molar-refractivity contribution in [1.29, 1.82) is 0 Å². The van der Waals surface area contributed by atoms with Crippen LogP contribution in [0.1, 0.15) is 5.69 Å². The Hall–Kier alpha value is -1.95. The first-order chi connectivity index (χ1) is 8.63. The number of aryl methyl sites for hydroxylation is 1. The topological polar surface area (TPSA) is 80.5 Å². The third-order valence-electron chi connectivity index (χ3n) is 2.68. The molecule has 0 saturated heterocycles. The fourth-order valence-electron chi connectivity index (χ4n) is 1.94. The highest BCUT2D eigenvalue weighted by molar-refractivity contribution is 9.10. The van der Waals surface area contributed by atoms with Crippen LogP contribution in [0.5, 0.6) is 0 Å². The van der Waals surface area contributed by atoms with E-state index in [0.717, 1.165) is 32.5 Å². The Morgan fingerprint density at radius 1 is 1.28 bits per heavy atom. The van der Waals surface area contributed by atoms with E-state index >= 15 is 0 Å². The second-order valence-electron chi connectivity index (χ2n) is 4.01. The normalized spacial score (nSPS) is 11.0. The average Bonchev–Trinajstić information content (AvgIpc) is 2.70. The molecule has 3 aromatic rings. The van der Waals surface area contributed by atoms with Gasteiger partial charge < -0.3 is 10.7 Å². The molecular weight excluding hydrogens is 294 g/mol. The molecule has 0 saturated carbocycles. The van der Waals surface area contributed by atoms with Crippen molar-refractivity contribution in [2.24, 2.45) is 0 Å². The van der Waals surface area contributed by atoms with Gasteiger partial charge in [0.05, 0.1) is 17.4 Å². The lowest BCUT2D eigenvalue weighted by atomic mass is 10.1. The largest absolute Gasteiger partial charge is 0.368 e. The number of aromatic amines is 1. The summed E-state index contributed by atoms with van der Waals surface area (Å²) in [6, 6.07) is 3.86. The van der Waals surface area contributed by atoms with E-state index in [9.17, 15) is 0 Å². The second-order valence-corrected chi connectivity index (χ2v) is 4.82. The monoisotopic (exact) mass is 303 g/mol. The van der Waals surface area contributed by atoms with Gasteiger partial charge in [0, 0.05) is 22.8 Å². The zero-order valence-electron chi connectivity index (χ0n) is 9.61. The lowest BCUT2D eigenvalue weighted by Gasteiger charge is -2.02. The first-order valence-electron chi connectivity index (χ1n) is 5.37. The molecule has 0 radical (unpaired) electrons. The van der Waals surface area contributed by atoms with Crippen LogP contribution in [0.2, 0.25) is 0 Å². The third-order valence-corrected chi connectivity index (χ3v) is 3.11. The van der Waals surface area contributed by atoms with Crippen molar-refractivity contribution in [3.8, 4) is 11.3 Å². The molecule has 18 heavy (non-hydrogen) atoms. The molecule has 0 spiro atoms. The molecule has 90 valence electrons. The Bertz CT molecular complexity index is 714. The maximum Gasteiger partial charge on any atom is 0.220 e. The highest BCUT2D eigenvalue weighted by Crippen LogP contribution is 2.28. The lowest BCUT2D eigenvalue weighted by molar-refractivity contribution is 1.12. The summed E-state index contributed by atoms with van der Waals surface area (Å²) in [6.45, 7) is 1.90. The zero-order valence-corrected chi connectivity index (χ0v) is 11.2. The summed E-state index contributed by atoms with van der Waals surface area (Å²) in [4.78, 5) is 15.7. The number of halogens is 1. The summed E-state index contributed by atoms with van der Waals surface area (Å²) in [5.74, 6) is 0.285. The van der Waals surface area contributed by atoms with E-state index in [1.165, 1.54) is 0 Å². The number of H-pyrrole nitrogens is 1. The SMILES string of the molecule is Cc1cc(-c2c[nH]c3cnc(Br)cc23)nc(N)n1. The summed E-state index contributed by atoms with van der Waals surface area (Å²) in [5, 5.41) is 1.05. The van der Waals surface area contributed by atoms with E-state index < -0.39 is 0 Å². The third kappa shape index (κ3) is 1.84. The minimum atomic E-state index is 0.285. The highest BCUT2D eigenvalue weighted by atomic mass is 79.9. The number of fused-ring (bicyclic) bond motifs is 1. The lowest BCUT2D eigenvalue weighted by Crippen LogP contribution is -1.97. The van der Waals surface area contributed by atoms with Gasteiger partial charge >= 0.3 is 0 Å². The molecule has 5 nitrogen and oxygen atoms in total. The van der Waals surface area contributed by atoms with Gasteiger partial charge in [-0.05, 0) is 35.0 Å². The zero-order chi connectivity index (χ0) is 12.7. The highest BCUT2D eigenvalue weighted by Gasteiger charge is 2.09. The quantitative estimate of drug-likeness (QED) is 0.677. The number of hydrogen-bond donors (Lipinski definition) is 2. The van der Waals surface area contributed by atoms with Crippen molar-refractivity contribution < 1.29 is 0 Å². The van der Waals surface area contributed by atoms with Gasteiger partial charge in [-0.1, -0.05) is 0 Å². The second kappa shape index (κ2) is 4.06. The molecule has 0 aliphatic rings. The Morgan fingerprint density at radius 2 is 2.11 bits per heavy atom. The summed E-state index contributed by atoms with van der Waals surface area (Å²) in [5.41, 5.74) is 9.29. The number of nitrogens with one attached hydrogen (secondary N) is 1. The van der Waals surface area contributed by atoms with Crippen LogP contribution in [0, 0.1) is 6.92 Å². The standard InChI is InChI=1S/C12H10BrN5/c1-6-2-9(18-12(14)17-6)8-4-15-10-5-16-11(13)3-7(8)10/h2-5,15H,1H3,(H2,14,17,18). The number of anilines is 1. The number of nitrogens with zero attached hydrogens (tertiary/aromatic N) is 3. The van der Waals surface area contributed by atoms with Crippen molar-refractivity contribution in [3.63, 3.8) is 0 Å². The Kier molecular flexibility index (Phi) is 2.52. The number of hydrogen-bond acceptors (Lipinski definition) is 4. The maximum absolute atomic E-state index is 5.69. The molecule has 0 fully saturated rings. The van der Waals surface area contributed by atoms with Crippen molar-refractivity contribution in [2.75, 3.05) is 5.73 Å². The molecule has 0 amide bonds. The van der Waals surface area contributed by atoms with Crippen LogP contribution in [0.3, 0.4) is 0 Å². The number of rotatable bonds is 1. The van der Waals surface area contributed by atoms with Crippen LogP contribution in [-0.2, 0) is 0 Å². The fourth-order valence-corrected chi connectivity index (χ4v) is 2.27. The fraction of sp³-hybridized carbons (Fsp3) is 0.0833. The van der Waals surface area contributed by atoms with Crippen molar-refractivity contribution in [2.45, 2.75) is 6.92 Å². The van der Waals surface area contributed by atoms with Crippen LogP contribution in [0.4, 0.5) is 5.95 Å². The van der Waals surface area contributed by atoms with E-state index in [2.05, 4.69) is 35.9 Å². The molecule has 6 heteroatoms. The van der Waals surface area contributed by atoms with E-state index in [-0.39, 0.29) is 5.95 Å². The van der Waals surface area contributed by atoms with E-state index in [0.29, 0.717) is 0 Å². The molecular formula is C12H10BrN5. The van der Waals surface area contributed by atoms with Crippen molar-refractivity contribution in [3.05, 3.63) is 34.8 Å². The molecule has 3 heterocycles. The van der Waals surface area contributed by atoms with Crippen LogP contribution in [-0.4, -0.2) is 19.9 Å². The summed E-state index contributed by atoms with van der Waals surface area (Å²) in [7, 11) is 0. The number of pyridine rings is 1. The summed E-state index contributed by atoms with van der Waals surface area (Å²) < 4.78 is 0.787. The average molecular weight is 304 g/mol. The smallest absolute Gasteiger partial charge is 0.220 e. The van der Waals surface area contributed by atoms with Gasteiger partial charge in [0.25, 0.3) is 0 Å². The number of nitrogen functional groups attached to an aromatic ring is 1. The molecule has 0 bridgehead atoms. The van der Waals surface area contributed by atoms with E-state index in [1.807, 2.05) is 25.3 Å². The molecule has 3 rings (SSSR count). The Balaban J connectivity index is 2.27. The predicted molar refractivity (Wildman–Crippen MR) is 74.0 cm³/mol. The number of nitrogens with two attached hydrogens (primary N) is 1. The van der Waals surface area contributed by atoms with Crippen molar-refractivity contribution >= 4 is 32.8 Å². The van der Waals surface area contributed by atoms with Gasteiger partial charge in [0.1, 0.15) is 4.60 Å². The minimum Gasteiger partial charge on any atom is -0.368 e. The van der Waals surface area contributed by atoms with Gasteiger partial charge in [-0.15, -0.1) is 0 Å². The first-order valence-corrected chi connectivity index (χ1v) is 6.17. The Labute approximate surface area is 112 Å². The molecule has 3 aromatic heterocycles. The van der Waals surface area contributed by atoms with Gasteiger partial charge in [0.2, 0.25) is 5.95 Å². The predicted octanol–water partition coefficient (Wildman–Crippen LogP) is 2.67. The van der Waals surface area contributed by atoms with Crippen LogP contribution >= 0.6 is 15.9 Å². The summed E-state index contributed by atoms with van der Waals surface area (Å²) in [6.07, 6.45) is 3.68. The van der Waals surface area contributed by atoms with Gasteiger partial charge in [0.15, 0.2) is 0 Å².